The van der Waals surface area contributed by atoms with Crippen LogP contribution in [0, 0.1) is 0 Å². The predicted octanol–water partition coefficient (Wildman–Crippen LogP) is 2.66. The van der Waals surface area contributed by atoms with Gasteiger partial charge in [0.05, 0.1) is 0 Å². The Bertz CT molecular complexity index is 485. The van der Waals surface area contributed by atoms with E-state index in [4.69, 9.17) is 0 Å². The van der Waals surface area contributed by atoms with Crippen molar-refractivity contribution in [2.24, 2.45) is 0 Å². The summed E-state index contributed by atoms with van der Waals surface area (Å²) in [5.74, 6) is 0.213. The van der Waals surface area contributed by atoms with Crippen molar-refractivity contribution in [2.45, 2.75) is 43.8 Å². The van der Waals surface area contributed by atoms with Gasteiger partial charge in [-0.25, -0.2) is 0 Å². The molecule has 0 unspecified atom stereocenters. The average molecular weight is 270 g/mol. The minimum Gasteiger partial charge on any atom is -0.352 e. The number of rotatable bonds is 3. The van der Waals surface area contributed by atoms with Crippen molar-refractivity contribution in [3.05, 3.63) is 48.6 Å². The fraction of sp³-hybridized carbons (Fsp3) is 0.471. The zero-order chi connectivity index (χ0) is 13.9. The van der Waals surface area contributed by atoms with Crippen molar-refractivity contribution >= 4 is 5.91 Å². The molecular weight excluding hydrogens is 248 g/mol. The number of nitrogens with one attached hydrogen (secondary N) is 1. The fourth-order valence-electron chi connectivity index (χ4n) is 3.68. The minimum atomic E-state index is 0.213. The molecule has 0 aromatic heterocycles. The van der Waals surface area contributed by atoms with Gasteiger partial charge in [0.15, 0.2) is 0 Å². The third-order valence-electron chi connectivity index (χ3n) is 4.54. The molecule has 3 rings (SSSR count). The summed E-state index contributed by atoms with van der Waals surface area (Å²) in [6.45, 7) is 4.78. The zero-order valence-corrected chi connectivity index (χ0v) is 11.8. The molecule has 1 N–H and O–H groups in total. The molecule has 0 aliphatic carbocycles. The number of fused-ring (bicyclic) bond motifs is 1. The van der Waals surface area contributed by atoms with Gasteiger partial charge in [0.25, 0.3) is 0 Å². The van der Waals surface area contributed by atoms with E-state index in [1.165, 1.54) is 5.56 Å². The Hall–Kier alpha value is -1.61. The summed E-state index contributed by atoms with van der Waals surface area (Å²) in [4.78, 5) is 14.3. The Labute approximate surface area is 120 Å². The number of hydrogen-bond donors (Lipinski definition) is 1. The van der Waals surface area contributed by atoms with Crippen LogP contribution in [0.4, 0.5) is 0 Å². The van der Waals surface area contributed by atoms with Crippen LogP contribution in [0.2, 0.25) is 0 Å². The molecule has 3 heteroatoms. The van der Waals surface area contributed by atoms with Crippen LogP contribution >= 0.6 is 0 Å². The maximum absolute atomic E-state index is 11.8. The lowest BCUT2D eigenvalue weighted by Gasteiger charge is -2.29. The van der Waals surface area contributed by atoms with E-state index in [1.807, 2.05) is 6.08 Å². The van der Waals surface area contributed by atoms with Gasteiger partial charge in [0, 0.05) is 31.1 Å². The van der Waals surface area contributed by atoms with Crippen molar-refractivity contribution in [3.63, 3.8) is 0 Å². The first kappa shape index (κ1) is 13.4. The maximum Gasteiger partial charge on any atom is 0.220 e. The molecule has 3 nitrogen and oxygen atoms in total. The van der Waals surface area contributed by atoms with Crippen LogP contribution in [0.1, 0.15) is 37.3 Å². The van der Waals surface area contributed by atoms with Crippen LogP contribution in [-0.4, -0.2) is 29.4 Å². The molecule has 2 aliphatic rings. The number of hydrogen-bond acceptors (Lipinski definition) is 2. The standard InChI is InChI=1S/C17H22N2O/c1-2-11-19-15-9-6-10-17(20)18-14(15)12-16(19)13-7-4-3-5-8-13/h2-5,7-8,14-16H,1,6,9-12H2,(H,18,20)/t14-,15-,16-/m0/s1. The number of carbonyl (C=O) groups is 1. The predicted molar refractivity (Wildman–Crippen MR) is 80.3 cm³/mol. The molecule has 3 atom stereocenters. The summed E-state index contributed by atoms with van der Waals surface area (Å²) in [6.07, 6.45) is 5.74. The summed E-state index contributed by atoms with van der Waals surface area (Å²) < 4.78 is 0. The molecular formula is C17H22N2O. The van der Waals surface area contributed by atoms with Gasteiger partial charge in [0.2, 0.25) is 5.91 Å². The molecule has 2 fully saturated rings. The number of likely N-dealkylation sites (tertiary alicyclic amines) is 1. The van der Waals surface area contributed by atoms with Crippen molar-refractivity contribution in [1.82, 2.24) is 10.2 Å². The van der Waals surface area contributed by atoms with E-state index >= 15 is 0 Å². The Kier molecular flexibility index (Phi) is 3.88. The first-order valence-corrected chi connectivity index (χ1v) is 7.50. The van der Waals surface area contributed by atoms with E-state index < -0.39 is 0 Å². The second-order valence-electron chi connectivity index (χ2n) is 5.78. The molecule has 0 spiro atoms. The Morgan fingerprint density at radius 2 is 2.15 bits per heavy atom. The first-order valence-electron chi connectivity index (χ1n) is 7.50. The van der Waals surface area contributed by atoms with E-state index in [0.29, 0.717) is 18.5 Å². The van der Waals surface area contributed by atoms with Crippen LogP contribution in [0.5, 0.6) is 0 Å². The molecule has 1 amide bonds. The molecule has 2 saturated heterocycles. The summed E-state index contributed by atoms with van der Waals surface area (Å²) in [5.41, 5.74) is 1.34. The van der Waals surface area contributed by atoms with Crippen LogP contribution in [0.15, 0.2) is 43.0 Å². The van der Waals surface area contributed by atoms with E-state index in [0.717, 1.165) is 25.8 Å². The zero-order valence-electron chi connectivity index (χ0n) is 11.8. The lowest BCUT2D eigenvalue weighted by molar-refractivity contribution is -0.121. The highest BCUT2D eigenvalue weighted by molar-refractivity contribution is 5.76. The van der Waals surface area contributed by atoms with Gasteiger partial charge in [-0.2, -0.15) is 0 Å². The number of amides is 1. The van der Waals surface area contributed by atoms with Gasteiger partial charge in [-0.1, -0.05) is 36.4 Å². The molecule has 2 heterocycles. The van der Waals surface area contributed by atoms with Crippen LogP contribution in [-0.2, 0) is 4.79 Å². The lowest BCUT2D eigenvalue weighted by Crippen LogP contribution is -2.42. The largest absolute Gasteiger partial charge is 0.352 e. The van der Waals surface area contributed by atoms with Crippen molar-refractivity contribution in [1.29, 1.82) is 0 Å². The molecule has 1 aromatic carbocycles. The second kappa shape index (κ2) is 5.80. The number of nitrogens with zero attached hydrogens (tertiary/aromatic N) is 1. The number of benzene rings is 1. The molecule has 20 heavy (non-hydrogen) atoms. The highest BCUT2D eigenvalue weighted by Gasteiger charge is 2.42. The molecule has 0 radical (unpaired) electrons. The van der Waals surface area contributed by atoms with Crippen LogP contribution < -0.4 is 5.32 Å². The van der Waals surface area contributed by atoms with E-state index in [9.17, 15) is 4.79 Å². The maximum atomic E-state index is 11.8. The summed E-state index contributed by atoms with van der Waals surface area (Å²) >= 11 is 0. The average Bonchev–Trinajstić information content (AvgIpc) is 2.68. The summed E-state index contributed by atoms with van der Waals surface area (Å²) in [7, 11) is 0. The van der Waals surface area contributed by atoms with E-state index in [2.05, 4.69) is 47.1 Å². The topological polar surface area (TPSA) is 32.3 Å². The third kappa shape index (κ3) is 2.50. The molecule has 0 bridgehead atoms. The van der Waals surface area contributed by atoms with Crippen molar-refractivity contribution in [2.75, 3.05) is 6.54 Å². The van der Waals surface area contributed by atoms with Gasteiger partial charge < -0.3 is 5.32 Å². The van der Waals surface area contributed by atoms with Gasteiger partial charge >= 0.3 is 0 Å². The lowest BCUT2D eigenvalue weighted by atomic mass is 10.0. The fourth-order valence-corrected chi connectivity index (χ4v) is 3.68. The SMILES string of the molecule is C=CCN1[C@H](c2ccccc2)C[C@@H]2NC(=O)CCC[C@@H]21. The Balaban J connectivity index is 1.87. The highest BCUT2D eigenvalue weighted by atomic mass is 16.1. The normalized spacial score (nSPS) is 30.4. The van der Waals surface area contributed by atoms with E-state index in [-0.39, 0.29) is 11.9 Å². The van der Waals surface area contributed by atoms with E-state index in [1.54, 1.807) is 0 Å². The number of carbonyl (C=O) groups excluding carboxylic acids is 1. The third-order valence-corrected chi connectivity index (χ3v) is 4.54. The van der Waals surface area contributed by atoms with Gasteiger partial charge in [-0.3, -0.25) is 9.69 Å². The Morgan fingerprint density at radius 1 is 1.35 bits per heavy atom. The molecule has 106 valence electrons. The smallest absolute Gasteiger partial charge is 0.220 e. The molecule has 0 saturated carbocycles. The van der Waals surface area contributed by atoms with Crippen LogP contribution in [0.25, 0.3) is 0 Å². The quantitative estimate of drug-likeness (QED) is 0.856. The minimum absolute atomic E-state index is 0.213. The van der Waals surface area contributed by atoms with Crippen LogP contribution in [0.3, 0.4) is 0 Å². The molecule has 2 aliphatic heterocycles. The second-order valence-corrected chi connectivity index (χ2v) is 5.78. The van der Waals surface area contributed by atoms with Gasteiger partial charge in [-0.05, 0) is 24.8 Å². The summed E-state index contributed by atoms with van der Waals surface area (Å²) in [6, 6.07) is 11.7. The first-order chi connectivity index (χ1) is 9.79. The van der Waals surface area contributed by atoms with Gasteiger partial charge in [-0.15, -0.1) is 6.58 Å². The highest BCUT2D eigenvalue weighted by Crippen LogP contribution is 2.38. The summed E-state index contributed by atoms with van der Waals surface area (Å²) in [5, 5.41) is 3.21. The van der Waals surface area contributed by atoms with Crippen molar-refractivity contribution < 1.29 is 4.79 Å². The van der Waals surface area contributed by atoms with Gasteiger partial charge in [0.1, 0.15) is 0 Å². The molecule has 1 aromatic rings. The monoisotopic (exact) mass is 270 g/mol. The Morgan fingerprint density at radius 3 is 2.90 bits per heavy atom. The van der Waals surface area contributed by atoms with Crippen molar-refractivity contribution in [3.8, 4) is 0 Å².